The molecule has 4 rings (SSSR count). The molecule has 1 aliphatic heterocycles. The topological polar surface area (TPSA) is 70.3 Å². The Hall–Kier alpha value is -2.31. The molecule has 2 aliphatic rings. The number of hydrogen-bond acceptors (Lipinski definition) is 5. The van der Waals surface area contributed by atoms with E-state index in [1.807, 2.05) is 0 Å². The molecule has 5 nitrogen and oxygen atoms in total. The van der Waals surface area contributed by atoms with Crippen molar-refractivity contribution in [2.45, 2.75) is 25.0 Å². The van der Waals surface area contributed by atoms with E-state index in [1.54, 1.807) is 18.3 Å². The summed E-state index contributed by atoms with van der Waals surface area (Å²) in [6, 6.07) is 6.09. The van der Waals surface area contributed by atoms with Crippen LogP contribution in [0.4, 0.5) is 10.2 Å². The molecule has 1 aliphatic carbocycles. The molecule has 1 aromatic carbocycles. The van der Waals surface area contributed by atoms with Crippen LogP contribution in [0.15, 0.2) is 36.5 Å². The van der Waals surface area contributed by atoms with Crippen LogP contribution in [-0.4, -0.2) is 29.0 Å². The van der Waals surface area contributed by atoms with Crippen molar-refractivity contribution in [3.05, 3.63) is 48.0 Å². The zero-order valence-corrected chi connectivity index (χ0v) is 13.2. The summed E-state index contributed by atoms with van der Waals surface area (Å²) in [5.74, 6) is -0.413. The maximum atomic E-state index is 13.1. The molecule has 0 bridgehead atoms. The van der Waals surface area contributed by atoms with Crippen molar-refractivity contribution in [3.63, 3.8) is 0 Å². The number of rotatable bonds is 2. The van der Waals surface area contributed by atoms with E-state index in [4.69, 9.17) is 15.2 Å². The fourth-order valence-corrected chi connectivity index (χ4v) is 3.17. The molecule has 0 radical (unpaired) electrons. The fourth-order valence-electron chi connectivity index (χ4n) is 3.17. The van der Waals surface area contributed by atoms with Crippen LogP contribution in [0.5, 0.6) is 0 Å². The molecule has 6 heteroatoms. The lowest BCUT2D eigenvalue weighted by atomic mass is 9.92. The first-order chi connectivity index (χ1) is 11.7. The van der Waals surface area contributed by atoms with Gasteiger partial charge in [-0.05, 0) is 36.3 Å². The largest absolute Gasteiger partial charge is 0.382 e. The zero-order chi connectivity index (χ0) is 16.6. The third-order valence-electron chi connectivity index (χ3n) is 4.50. The molecule has 1 saturated heterocycles. The van der Waals surface area contributed by atoms with E-state index in [0.717, 1.165) is 29.7 Å². The van der Waals surface area contributed by atoms with Crippen molar-refractivity contribution in [1.29, 1.82) is 0 Å². The summed E-state index contributed by atoms with van der Waals surface area (Å²) in [6.45, 7) is 1.30. The third kappa shape index (κ3) is 2.79. The van der Waals surface area contributed by atoms with E-state index in [-0.39, 0.29) is 5.82 Å². The molecule has 2 aromatic rings. The summed E-state index contributed by atoms with van der Waals surface area (Å²) < 4.78 is 24.6. The molecule has 1 spiro atoms. The van der Waals surface area contributed by atoms with Crippen LogP contribution in [-0.2, 0) is 9.47 Å². The van der Waals surface area contributed by atoms with Gasteiger partial charge < -0.3 is 15.2 Å². The first kappa shape index (κ1) is 15.2. The highest BCUT2D eigenvalue weighted by atomic mass is 19.1. The van der Waals surface area contributed by atoms with Gasteiger partial charge >= 0.3 is 0 Å². The molecule has 1 aromatic heterocycles. The highest BCUT2D eigenvalue weighted by Crippen LogP contribution is 2.38. The summed E-state index contributed by atoms with van der Waals surface area (Å²) in [5, 5.41) is 0. The smallest absolute Gasteiger partial charge is 0.172 e. The Kier molecular flexibility index (Phi) is 3.78. The second-order valence-corrected chi connectivity index (χ2v) is 6.04. The Bertz CT molecular complexity index is 783. The average molecular weight is 327 g/mol. The molecule has 2 N–H and O–H groups in total. The first-order valence-corrected chi connectivity index (χ1v) is 8.01. The number of anilines is 1. The van der Waals surface area contributed by atoms with Crippen molar-refractivity contribution in [2.24, 2.45) is 0 Å². The quantitative estimate of drug-likeness (QED) is 0.917. The predicted molar refractivity (Wildman–Crippen MR) is 88.3 cm³/mol. The van der Waals surface area contributed by atoms with E-state index >= 15 is 0 Å². The number of nitrogen functional groups attached to an aromatic ring is 1. The number of allylic oxidation sites excluding steroid dienone is 1. The first-order valence-electron chi connectivity index (χ1n) is 8.01. The lowest BCUT2D eigenvalue weighted by Crippen LogP contribution is -2.31. The Labute approximate surface area is 139 Å². The maximum absolute atomic E-state index is 13.1. The molecular weight excluding hydrogens is 309 g/mol. The van der Waals surface area contributed by atoms with Gasteiger partial charge in [-0.1, -0.05) is 6.08 Å². The van der Waals surface area contributed by atoms with Crippen LogP contribution in [0.25, 0.3) is 16.8 Å². The molecule has 1 fully saturated rings. The van der Waals surface area contributed by atoms with Gasteiger partial charge in [-0.15, -0.1) is 0 Å². The molecule has 24 heavy (non-hydrogen) atoms. The van der Waals surface area contributed by atoms with Gasteiger partial charge in [-0.25, -0.2) is 14.4 Å². The number of halogens is 1. The van der Waals surface area contributed by atoms with Gasteiger partial charge in [0.25, 0.3) is 0 Å². The molecule has 0 amide bonds. The van der Waals surface area contributed by atoms with Gasteiger partial charge in [0.2, 0.25) is 0 Å². The molecule has 0 atom stereocenters. The minimum atomic E-state index is -0.454. The minimum Gasteiger partial charge on any atom is -0.382 e. The Morgan fingerprint density at radius 1 is 1.12 bits per heavy atom. The zero-order valence-electron chi connectivity index (χ0n) is 13.2. The van der Waals surface area contributed by atoms with Gasteiger partial charge in [0.15, 0.2) is 5.79 Å². The SMILES string of the molecule is Nc1ncc(C2=CCC3(CC2)OCCO3)nc1-c1ccc(F)cc1. The van der Waals surface area contributed by atoms with Gasteiger partial charge in [0.05, 0.1) is 25.1 Å². The summed E-state index contributed by atoms with van der Waals surface area (Å²) in [7, 11) is 0. The predicted octanol–water partition coefficient (Wildman–Crippen LogP) is 3.18. The second-order valence-electron chi connectivity index (χ2n) is 6.04. The van der Waals surface area contributed by atoms with E-state index in [1.165, 1.54) is 12.1 Å². The highest BCUT2D eigenvalue weighted by Gasteiger charge is 2.37. The summed E-state index contributed by atoms with van der Waals surface area (Å²) >= 11 is 0. The van der Waals surface area contributed by atoms with Crippen LogP contribution in [0, 0.1) is 5.82 Å². The van der Waals surface area contributed by atoms with Crippen LogP contribution in [0.2, 0.25) is 0 Å². The molecular formula is C18H18FN3O2. The summed E-state index contributed by atoms with van der Waals surface area (Å²) in [4.78, 5) is 8.91. The van der Waals surface area contributed by atoms with Crippen molar-refractivity contribution in [2.75, 3.05) is 18.9 Å². The molecule has 0 unspecified atom stereocenters. The highest BCUT2D eigenvalue weighted by molar-refractivity contribution is 5.73. The van der Waals surface area contributed by atoms with Crippen molar-refractivity contribution < 1.29 is 13.9 Å². The molecule has 2 heterocycles. The Balaban J connectivity index is 1.64. The van der Waals surface area contributed by atoms with Crippen molar-refractivity contribution >= 4 is 11.4 Å². The Morgan fingerprint density at radius 2 is 1.88 bits per heavy atom. The lowest BCUT2D eigenvalue weighted by Gasteiger charge is -2.30. The Morgan fingerprint density at radius 3 is 2.54 bits per heavy atom. The van der Waals surface area contributed by atoms with Crippen LogP contribution in [0.1, 0.15) is 25.0 Å². The number of hydrogen-bond donors (Lipinski definition) is 1. The van der Waals surface area contributed by atoms with E-state index in [9.17, 15) is 4.39 Å². The van der Waals surface area contributed by atoms with Crippen LogP contribution >= 0.6 is 0 Å². The number of nitrogens with two attached hydrogens (primary N) is 1. The van der Waals surface area contributed by atoms with E-state index in [2.05, 4.69) is 16.0 Å². The number of benzene rings is 1. The number of aromatic nitrogens is 2. The van der Waals surface area contributed by atoms with Gasteiger partial charge in [0, 0.05) is 18.4 Å². The minimum absolute atomic E-state index is 0.293. The average Bonchev–Trinajstić information content (AvgIpc) is 3.05. The van der Waals surface area contributed by atoms with Crippen LogP contribution in [0.3, 0.4) is 0 Å². The fraction of sp³-hybridized carbons (Fsp3) is 0.333. The lowest BCUT2D eigenvalue weighted by molar-refractivity contribution is -0.159. The normalized spacial score (nSPS) is 19.5. The number of nitrogens with zero attached hydrogens (tertiary/aromatic N) is 2. The summed E-state index contributed by atoms with van der Waals surface area (Å²) in [5.41, 5.74) is 9.17. The second kappa shape index (κ2) is 5.96. The standard InChI is InChI=1S/C18H18FN3O2/c19-14-3-1-13(2-4-14)16-17(20)21-11-15(22-16)12-5-7-18(8-6-12)23-9-10-24-18/h1-5,11H,6-10H2,(H2,20,21). The maximum Gasteiger partial charge on any atom is 0.172 e. The van der Waals surface area contributed by atoms with Crippen molar-refractivity contribution in [3.8, 4) is 11.3 Å². The van der Waals surface area contributed by atoms with Gasteiger partial charge in [0.1, 0.15) is 17.3 Å². The van der Waals surface area contributed by atoms with Gasteiger partial charge in [-0.3, -0.25) is 0 Å². The monoisotopic (exact) mass is 327 g/mol. The van der Waals surface area contributed by atoms with Gasteiger partial charge in [-0.2, -0.15) is 0 Å². The summed E-state index contributed by atoms with van der Waals surface area (Å²) in [6.07, 6.45) is 6.10. The molecule has 124 valence electrons. The molecule has 0 saturated carbocycles. The number of ether oxygens (including phenoxy) is 2. The van der Waals surface area contributed by atoms with Crippen LogP contribution < -0.4 is 5.73 Å². The van der Waals surface area contributed by atoms with E-state index in [0.29, 0.717) is 31.1 Å². The van der Waals surface area contributed by atoms with Crippen molar-refractivity contribution in [1.82, 2.24) is 9.97 Å². The third-order valence-corrected chi connectivity index (χ3v) is 4.50. The van der Waals surface area contributed by atoms with E-state index < -0.39 is 5.79 Å².